The van der Waals surface area contributed by atoms with E-state index in [0.717, 1.165) is 38.0 Å². The maximum atomic E-state index is 12.5. The zero-order valence-electron chi connectivity index (χ0n) is 12.6. The molecule has 2 aromatic rings. The SMILES string of the molecule is O=C(N[C@H]1CN2CCC1CC2)C(=O)c1c[nH]c2ccc(Cl)cc12. The van der Waals surface area contributed by atoms with Gasteiger partial charge in [0.05, 0.1) is 5.56 Å². The number of Topliss-reactive ketones (excluding diaryl/α,β-unsaturated/α-hetero) is 1. The van der Waals surface area contributed by atoms with Crippen LogP contribution in [0.4, 0.5) is 0 Å². The van der Waals surface area contributed by atoms with E-state index < -0.39 is 11.7 Å². The van der Waals surface area contributed by atoms with Crippen molar-refractivity contribution in [2.24, 2.45) is 5.92 Å². The molecular weight excluding hydrogens is 314 g/mol. The van der Waals surface area contributed by atoms with Crippen LogP contribution in [0.1, 0.15) is 23.2 Å². The van der Waals surface area contributed by atoms with E-state index >= 15 is 0 Å². The first kappa shape index (κ1) is 14.7. The Balaban J connectivity index is 1.53. The summed E-state index contributed by atoms with van der Waals surface area (Å²) >= 11 is 6.00. The fourth-order valence-corrected chi connectivity index (χ4v) is 3.94. The highest BCUT2D eigenvalue weighted by molar-refractivity contribution is 6.45. The molecule has 1 aromatic carbocycles. The van der Waals surface area contributed by atoms with Crippen LogP contribution in [0.3, 0.4) is 0 Å². The number of halogens is 1. The number of ketones is 1. The van der Waals surface area contributed by atoms with Crippen LogP contribution in [0.5, 0.6) is 0 Å². The molecule has 3 aliphatic rings. The number of hydrogen-bond acceptors (Lipinski definition) is 3. The molecule has 0 aliphatic carbocycles. The summed E-state index contributed by atoms with van der Waals surface area (Å²) < 4.78 is 0. The van der Waals surface area contributed by atoms with E-state index in [9.17, 15) is 9.59 Å². The van der Waals surface area contributed by atoms with Gasteiger partial charge in [-0.15, -0.1) is 0 Å². The maximum absolute atomic E-state index is 12.5. The second kappa shape index (κ2) is 5.65. The topological polar surface area (TPSA) is 65.2 Å². The number of hydrogen-bond donors (Lipinski definition) is 2. The Bertz CT molecular complexity index is 777. The molecule has 3 fully saturated rings. The molecule has 0 saturated carbocycles. The van der Waals surface area contributed by atoms with Gasteiger partial charge in [0.15, 0.2) is 0 Å². The molecule has 2 N–H and O–H groups in total. The zero-order chi connectivity index (χ0) is 16.0. The number of amides is 1. The average molecular weight is 332 g/mol. The summed E-state index contributed by atoms with van der Waals surface area (Å²) in [5, 5.41) is 4.17. The maximum Gasteiger partial charge on any atom is 0.292 e. The predicted octanol–water partition coefficient (Wildman–Crippen LogP) is 2.21. The Labute approximate surface area is 139 Å². The van der Waals surface area contributed by atoms with Crippen LogP contribution in [-0.4, -0.2) is 47.3 Å². The standard InChI is InChI=1S/C17H18ClN3O2/c18-11-1-2-14-12(7-11)13(8-19-14)16(22)17(23)20-15-9-21-5-3-10(15)4-6-21/h1-2,7-8,10,15,19H,3-6,9H2,(H,20,23)/t15-/m0/s1. The molecule has 4 heterocycles. The second-order valence-electron chi connectivity index (χ2n) is 6.44. The van der Waals surface area contributed by atoms with Gasteiger partial charge in [-0.05, 0) is 50.0 Å². The van der Waals surface area contributed by atoms with Gasteiger partial charge in [0.2, 0.25) is 0 Å². The van der Waals surface area contributed by atoms with Crippen molar-refractivity contribution in [1.82, 2.24) is 15.2 Å². The molecule has 2 bridgehead atoms. The van der Waals surface area contributed by atoms with Gasteiger partial charge in [0, 0.05) is 34.7 Å². The van der Waals surface area contributed by atoms with E-state index in [1.807, 2.05) is 0 Å². The van der Waals surface area contributed by atoms with Crippen LogP contribution in [0, 0.1) is 5.92 Å². The summed E-state index contributed by atoms with van der Waals surface area (Å²) in [4.78, 5) is 30.3. The number of rotatable bonds is 3. The first-order chi connectivity index (χ1) is 11.1. The van der Waals surface area contributed by atoms with Gasteiger partial charge in [0.1, 0.15) is 0 Å². The summed E-state index contributed by atoms with van der Waals surface area (Å²) in [5.41, 5.74) is 1.18. The molecule has 3 saturated heterocycles. The third-order valence-corrected chi connectivity index (χ3v) is 5.30. The summed E-state index contributed by atoms with van der Waals surface area (Å²) in [7, 11) is 0. The Hall–Kier alpha value is -1.85. The van der Waals surface area contributed by atoms with Crippen LogP contribution in [0.15, 0.2) is 24.4 Å². The van der Waals surface area contributed by atoms with Gasteiger partial charge in [-0.2, -0.15) is 0 Å². The van der Waals surface area contributed by atoms with Crippen molar-refractivity contribution >= 4 is 34.2 Å². The molecule has 120 valence electrons. The van der Waals surface area contributed by atoms with Gasteiger partial charge >= 0.3 is 0 Å². The highest BCUT2D eigenvalue weighted by Gasteiger charge is 2.36. The largest absolute Gasteiger partial charge is 0.360 e. The van der Waals surface area contributed by atoms with Crippen molar-refractivity contribution < 1.29 is 9.59 Å². The third kappa shape index (κ3) is 2.64. The molecule has 3 aliphatic heterocycles. The van der Waals surface area contributed by atoms with Crippen LogP contribution in [0.2, 0.25) is 5.02 Å². The van der Waals surface area contributed by atoms with Crippen molar-refractivity contribution in [3.8, 4) is 0 Å². The van der Waals surface area contributed by atoms with E-state index in [1.165, 1.54) is 0 Å². The van der Waals surface area contributed by atoms with Crippen molar-refractivity contribution in [1.29, 1.82) is 0 Å². The number of aromatic amines is 1. The van der Waals surface area contributed by atoms with Crippen LogP contribution < -0.4 is 5.32 Å². The molecular formula is C17H18ClN3O2. The zero-order valence-corrected chi connectivity index (χ0v) is 13.4. The lowest BCUT2D eigenvalue weighted by molar-refractivity contribution is -0.119. The van der Waals surface area contributed by atoms with Crippen molar-refractivity contribution in [2.75, 3.05) is 19.6 Å². The molecule has 1 aromatic heterocycles. The van der Waals surface area contributed by atoms with Crippen LogP contribution in [-0.2, 0) is 4.79 Å². The van der Waals surface area contributed by atoms with E-state index in [1.54, 1.807) is 24.4 Å². The van der Waals surface area contributed by atoms with E-state index in [4.69, 9.17) is 11.6 Å². The van der Waals surface area contributed by atoms with Gasteiger partial charge in [-0.3, -0.25) is 9.59 Å². The predicted molar refractivity (Wildman–Crippen MR) is 88.7 cm³/mol. The number of nitrogens with zero attached hydrogens (tertiary/aromatic N) is 1. The third-order valence-electron chi connectivity index (χ3n) is 5.07. The Morgan fingerprint density at radius 3 is 2.74 bits per heavy atom. The second-order valence-corrected chi connectivity index (χ2v) is 6.88. The van der Waals surface area contributed by atoms with Gasteiger partial charge in [0.25, 0.3) is 11.7 Å². The lowest BCUT2D eigenvalue weighted by atomic mass is 9.84. The van der Waals surface area contributed by atoms with Crippen molar-refractivity contribution in [2.45, 2.75) is 18.9 Å². The van der Waals surface area contributed by atoms with Crippen LogP contribution >= 0.6 is 11.6 Å². The summed E-state index contributed by atoms with van der Waals surface area (Å²) in [6, 6.07) is 5.35. The quantitative estimate of drug-likeness (QED) is 0.669. The fourth-order valence-electron chi connectivity index (χ4n) is 3.77. The van der Waals surface area contributed by atoms with E-state index in [2.05, 4.69) is 15.2 Å². The van der Waals surface area contributed by atoms with Gasteiger partial charge in [-0.1, -0.05) is 11.6 Å². The molecule has 23 heavy (non-hydrogen) atoms. The minimum atomic E-state index is -0.523. The summed E-state index contributed by atoms with van der Waals surface area (Å²) in [6.45, 7) is 3.06. The average Bonchev–Trinajstić information content (AvgIpc) is 2.98. The molecule has 0 radical (unpaired) electrons. The monoisotopic (exact) mass is 331 g/mol. The number of fused-ring (bicyclic) bond motifs is 4. The Morgan fingerprint density at radius 1 is 1.26 bits per heavy atom. The first-order valence-electron chi connectivity index (χ1n) is 7.96. The number of aromatic nitrogens is 1. The van der Waals surface area contributed by atoms with E-state index in [0.29, 0.717) is 21.9 Å². The smallest absolute Gasteiger partial charge is 0.292 e. The number of piperidine rings is 3. The highest BCUT2D eigenvalue weighted by atomic mass is 35.5. The lowest BCUT2D eigenvalue weighted by Crippen LogP contribution is -2.58. The molecule has 0 unspecified atom stereocenters. The molecule has 5 nitrogen and oxygen atoms in total. The Kier molecular flexibility index (Phi) is 3.62. The molecule has 6 heteroatoms. The number of carbonyl (C=O) groups is 2. The number of carbonyl (C=O) groups excluding carboxylic acids is 2. The minimum Gasteiger partial charge on any atom is -0.360 e. The molecule has 5 rings (SSSR count). The minimum absolute atomic E-state index is 0.0859. The van der Waals surface area contributed by atoms with Gasteiger partial charge < -0.3 is 15.2 Å². The normalized spacial score (nSPS) is 26.4. The highest BCUT2D eigenvalue weighted by Crippen LogP contribution is 2.28. The van der Waals surface area contributed by atoms with E-state index in [-0.39, 0.29) is 6.04 Å². The number of nitrogens with one attached hydrogen (secondary N) is 2. The molecule has 1 amide bonds. The summed E-state index contributed by atoms with van der Waals surface area (Å²) in [6.07, 6.45) is 3.78. The fraction of sp³-hybridized carbons (Fsp3) is 0.412. The lowest BCUT2D eigenvalue weighted by Gasteiger charge is -2.44. The van der Waals surface area contributed by atoms with Crippen molar-refractivity contribution in [3.63, 3.8) is 0 Å². The van der Waals surface area contributed by atoms with Crippen LogP contribution in [0.25, 0.3) is 10.9 Å². The molecule has 1 atom stereocenters. The Morgan fingerprint density at radius 2 is 2.04 bits per heavy atom. The number of H-pyrrole nitrogens is 1. The number of benzene rings is 1. The van der Waals surface area contributed by atoms with Crippen molar-refractivity contribution in [3.05, 3.63) is 35.0 Å². The summed E-state index contributed by atoms with van der Waals surface area (Å²) in [5.74, 6) is -0.534. The molecule has 0 spiro atoms. The first-order valence-corrected chi connectivity index (χ1v) is 8.34. The van der Waals surface area contributed by atoms with Gasteiger partial charge in [-0.25, -0.2) is 0 Å².